The molecule has 3 heterocycles. The highest BCUT2D eigenvalue weighted by Gasteiger charge is 2.51. The second kappa shape index (κ2) is 8.93. The van der Waals surface area contributed by atoms with E-state index in [1.807, 2.05) is 12.1 Å². The molecular weight excluding hydrogens is 398 g/mol. The fourth-order valence-electron chi connectivity index (χ4n) is 4.26. The van der Waals surface area contributed by atoms with Gasteiger partial charge in [-0.15, -0.1) is 0 Å². The lowest BCUT2D eigenvalue weighted by Gasteiger charge is -2.47. The zero-order valence-corrected chi connectivity index (χ0v) is 17.8. The zero-order valence-electron chi connectivity index (χ0n) is 17.8. The number of nitrogens with zero attached hydrogens (tertiary/aromatic N) is 2. The van der Waals surface area contributed by atoms with Crippen LogP contribution in [0.1, 0.15) is 28.8 Å². The first-order valence-electron chi connectivity index (χ1n) is 10.3. The SMILES string of the molecule is COc1ccc(C(=O)N2CC3(CC(CC(=O)NCc4ccncc4)CO3)C2)c(OC)c1. The predicted molar refractivity (Wildman–Crippen MR) is 113 cm³/mol. The minimum Gasteiger partial charge on any atom is -0.497 e. The van der Waals surface area contributed by atoms with Crippen LogP contribution in [0.3, 0.4) is 0 Å². The molecule has 164 valence electrons. The predicted octanol–water partition coefficient (Wildman–Crippen LogP) is 2.04. The average molecular weight is 425 g/mol. The highest BCUT2D eigenvalue weighted by atomic mass is 16.5. The van der Waals surface area contributed by atoms with Crippen LogP contribution in [0.2, 0.25) is 0 Å². The van der Waals surface area contributed by atoms with E-state index in [4.69, 9.17) is 14.2 Å². The number of ether oxygens (including phenoxy) is 3. The maximum Gasteiger partial charge on any atom is 0.257 e. The van der Waals surface area contributed by atoms with E-state index >= 15 is 0 Å². The quantitative estimate of drug-likeness (QED) is 0.730. The van der Waals surface area contributed by atoms with Crippen molar-refractivity contribution in [2.24, 2.45) is 5.92 Å². The Morgan fingerprint density at radius 2 is 1.97 bits per heavy atom. The summed E-state index contributed by atoms with van der Waals surface area (Å²) in [5, 5.41) is 2.95. The fourth-order valence-corrected chi connectivity index (χ4v) is 4.26. The maximum absolute atomic E-state index is 12.9. The van der Waals surface area contributed by atoms with Crippen LogP contribution in [0, 0.1) is 5.92 Å². The molecule has 0 aliphatic carbocycles. The Kier molecular flexibility index (Phi) is 6.08. The minimum atomic E-state index is -0.342. The first-order chi connectivity index (χ1) is 15.0. The molecule has 1 atom stereocenters. The Hall–Kier alpha value is -3.13. The molecule has 2 fully saturated rings. The molecule has 2 aliphatic rings. The third-order valence-electron chi connectivity index (χ3n) is 5.88. The van der Waals surface area contributed by atoms with Crippen molar-refractivity contribution in [2.45, 2.75) is 25.0 Å². The molecule has 1 aromatic heterocycles. The van der Waals surface area contributed by atoms with Gasteiger partial charge in [0.15, 0.2) is 0 Å². The Balaban J connectivity index is 1.27. The van der Waals surface area contributed by atoms with E-state index in [0.29, 0.717) is 49.7 Å². The smallest absolute Gasteiger partial charge is 0.257 e. The Morgan fingerprint density at radius 3 is 2.68 bits per heavy atom. The van der Waals surface area contributed by atoms with Gasteiger partial charge in [-0.2, -0.15) is 0 Å². The molecule has 2 amide bonds. The molecule has 1 N–H and O–H groups in total. The van der Waals surface area contributed by atoms with Crippen LogP contribution in [0.5, 0.6) is 11.5 Å². The number of aromatic nitrogens is 1. The van der Waals surface area contributed by atoms with Gasteiger partial charge in [0.2, 0.25) is 5.91 Å². The van der Waals surface area contributed by atoms with Crippen molar-refractivity contribution in [1.82, 2.24) is 15.2 Å². The number of carbonyl (C=O) groups is 2. The highest BCUT2D eigenvalue weighted by Crippen LogP contribution is 2.40. The number of hydrogen-bond acceptors (Lipinski definition) is 6. The summed E-state index contributed by atoms with van der Waals surface area (Å²) >= 11 is 0. The van der Waals surface area contributed by atoms with Crippen molar-refractivity contribution in [1.29, 1.82) is 0 Å². The van der Waals surface area contributed by atoms with Gasteiger partial charge in [-0.3, -0.25) is 14.6 Å². The van der Waals surface area contributed by atoms with Gasteiger partial charge in [-0.25, -0.2) is 0 Å². The van der Waals surface area contributed by atoms with E-state index in [2.05, 4.69) is 10.3 Å². The first-order valence-corrected chi connectivity index (χ1v) is 10.3. The number of amides is 2. The lowest BCUT2D eigenvalue weighted by Crippen LogP contribution is -2.63. The topological polar surface area (TPSA) is 90.0 Å². The summed E-state index contributed by atoms with van der Waals surface area (Å²) in [6.45, 7) is 2.08. The third kappa shape index (κ3) is 4.64. The van der Waals surface area contributed by atoms with Gasteiger partial charge >= 0.3 is 0 Å². The van der Waals surface area contributed by atoms with Gasteiger partial charge in [0, 0.05) is 31.4 Å². The normalized spacial score (nSPS) is 19.0. The Labute approximate surface area is 181 Å². The van der Waals surface area contributed by atoms with E-state index in [1.54, 1.807) is 42.6 Å². The summed E-state index contributed by atoms with van der Waals surface area (Å²) < 4.78 is 16.6. The van der Waals surface area contributed by atoms with Gasteiger partial charge in [0.25, 0.3) is 5.91 Å². The molecule has 0 saturated carbocycles. The number of methoxy groups -OCH3 is 2. The molecule has 0 bridgehead atoms. The van der Waals surface area contributed by atoms with Crippen molar-refractivity contribution >= 4 is 11.8 Å². The van der Waals surface area contributed by atoms with Crippen LogP contribution in [0.25, 0.3) is 0 Å². The summed E-state index contributed by atoms with van der Waals surface area (Å²) in [4.78, 5) is 30.9. The van der Waals surface area contributed by atoms with E-state index in [0.717, 1.165) is 12.0 Å². The number of benzene rings is 1. The molecule has 2 saturated heterocycles. The van der Waals surface area contributed by atoms with Crippen molar-refractivity contribution in [3.05, 3.63) is 53.9 Å². The second-order valence-electron chi connectivity index (χ2n) is 8.13. The van der Waals surface area contributed by atoms with Gasteiger partial charge in [-0.05, 0) is 42.2 Å². The molecule has 0 radical (unpaired) electrons. The Morgan fingerprint density at radius 1 is 1.19 bits per heavy atom. The summed E-state index contributed by atoms with van der Waals surface area (Å²) in [7, 11) is 3.11. The molecule has 4 rings (SSSR count). The van der Waals surface area contributed by atoms with E-state index in [1.165, 1.54) is 7.11 Å². The van der Waals surface area contributed by atoms with E-state index in [9.17, 15) is 9.59 Å². The summed E-state index contributed by atoms with van der Waals surface area (Å²) in [5.41, 5.74) is 1.18. The van der Waals surface area contributed by atoms with Crippen LogP contribution < -0.4 is 14.8 Å². The van der Waals surface area contributed by atoms with E-state index < -0.39 is 0 Å². The average Bonchev–Trinajstić information content (AvgIpc) is 3.20. The Bertz CT molecular complexity index is 943. The van der Waals surface area contributed by atoms with Crippen LogP contribution >= 0.6 is 0 Å². The number of likely N-dealkylation sites (tertiary alicyclic amines) is 1. The monoisotopic (exact) mass is 425 g/mol. The van der Waals surface area contributed by atoms with E-state index in [-0.39, 0.29) is 23.3 Å². The molecule has 1 spiro atoms. The minimum absolute atomic E-state index is 0.0117. The highest BCUT2D eigenvalue weighted by molar-refractivity contribution is 5.97. The van der Waals surface area contributed by atoms with Gasteiger partial charge in [0.1, 0.15) is 17.1 Å². The molecular formula is C23H27N3O5. The van der Waals surface area contributed by atoms with Crippen LogP contribution in [0.4, 0.5) is 0 Å². The number of rotatable bonds is 7. The number of nitrogens with one attached hydrogen (secondary N) is 1. The summed E-state index contributed by atoms with van der Waals surface area (Å²) in [5.74, 6) is 1.20. The fraction of sp³-hybridized carbons (Fsp3) is 0.435. The van der Waals surface area contributed by atoms with Crippen molar-refractivity contribution in [2.75, 3.05) is 33.9 Å². The van der Waals surface area contributed by atoms with Crippen LogP contribution in [0.15, 0.2) is 42.7 Å². The standard InChI is InChI=1S/C23H27N3O5/c1-29-18-3-4-19(20(10-18)30-2)22(28)26-14-23(15-26)11-17(13-31-23)9-21(27)25-12-16-5-7-24-8-6-16/h3-8,10,17H,9,11-15H2,1-2H3,(H,25,27). The molecule has 2 aliphatic heterocycles. The lowest BCUT2D eigenvalue weighted by molar-refractivity contribution is -0.122. The molecule has 8 nitrogen and oxygen atoms in total. The lowest BCUT2D eigenvalue weighted by atomic mass is 9.85. The molecule has 2 aromatic rings. The van der Waals surface area contributed by atoms with Gasteiger partial charge < -0.3 is 24.4 Å². The molecule has 8 heteroatoms. The van der Waals surface area contributed by atoms with Crippen molar-refractivity contribution < 1.29 is 23.8 Å². The van der Waals surface area contributed by atoms with Gasteiger partial charge in [-0.1, -0.05) is 0 Å². The first kappa shape index (κ1) is 21.1. The number of carbonyl (C=O) groups excluding carboxylic acids is 2. The van der Waals surface area contributed by atoms with Crippen LogP contribution in [-0.2, 0) is 16.1 Å². The zero-order chi connectivity index (χ0) is 21.8. The summed E-state index contributed by atoms with van der Waals surface area (Å²) in [6.07, 6.45) is 4.62. The van der Waals surface area contributed by atoms with Crippen molar-refractivity contribution in [3.63, 3.8) is 0 Å². The largest absolute Gasteiger partial charge is 0.497 e. The maximum atomic E-state index is 12.9. The second-order valence-corrected chi connectivity index (χ2v) is 8.13. The van der Waals surface area contributed by atoms with Crippen LogP contribution in [-0.4, -0.2) is 61.2 Å². The number of hydrogen-bond donors (Lipinski definition) is 1. The molecule has 31 heavy (non-hydrogen) atoms. The molecule has 1 aromatic carbocycles. The number of pyridine rings is 1. The summed E-state index contributed by atoms with van der Waals surface area (Å²) in [6, 6.07) is 8.93. The van der Waals surface area contributed by atoms with Crippen molar-refractivity contribution in [3.8, 4) is 11.5 Å². The van der Waals surface area contributed by atoms with Gasteiger partial charge in [0.05, 0.1) is 39.5 Å². The third-order valence-corrected chi connectivity index (χ3v) is 5.88. The molecule has 1 unspecified atom stereocenters.